The second-order valence-electron chi connectivity index (χ2n) is 7.31. The van der Waals surface area contributed by atoms with E-state index in [1.165, 1.54) is 19.5 Å². The van der Waals surface area contributed by atoms with Gasteiger partial charge >= 0.3 is 0 Å². The van der Waals surface area contributed by atoms with E-state index in [9.17, 15) is 9.59 Å². The fraction of sp³-hybridized carbons (Fsp3) is 0.200. The lowest BCUT2D eigenvalue weighted by molar-refractivity contribution is -0.129. The number of hydrogen-bond donors (Lipinski definition) is 4. The molecule has 2 amide bonds. The largest absolute Gasteiger partial charge is 0.494 e. The van der Waals surface area contributed by atoms with Gasteiger partial charge < -0.3 is 15.4 Å². The summed E-state index contributed by atoms with van der Waals surface area (Å²) in [5.74, 6) is 2.87. The molecule has 2 aromatic carbocycles. The molecule has 1 heterocycles. The third kappa shape index (κ3) is 6.54. The number of ether oxygens (including phenoxy) is 1. The van der Waals surface area contributed by atoms with Gasteiger partial charge in [0.05, 0.1) is 18.3 Å². The molecule has 0 aliphatic heterocycles. The van der Waals surface area contributed by atoms with Crippen LogP contribution in [-0.4, -0.2) is 34.1 Å². The fourth-order valence-corrected chi connectivity index (χ4v) is 3.24. The maximum Gasteiger partial charge on any atom is 0.248 e. The van der Waals surface area contributed by atoms with Gasteiger partial charge in [0.2, 0.25) is 11.8 Å². The normalized spacial score (nSPS) is 10.6. The molecular weight excluding hydrogens is 434 g/mol. The van der Waals surface area contributed by atoms with Crippen LogP contribution in [0.5, 0.6) is 5.75 Å². The number of aromatic nitrogens is 2. The third-order valence-electron chi connectivity index (χ3n) is 4.92. The number of hydroxylamine groups is 1. The molecule has 0 radical (unpaired) electrons. The van der Waals surface area contributed by atoms with Gasteiger partial charge in [-0.2, -0.15) is 0 Å². The van der Waals surface area contributed by atoms with Crippen molar-refractivity contribution in [2.24, 2.45) is 0 Å². The van der Waals surface area contributed by atoms with Crippen LogP contribution in [0.1, 0.15) is 31.2 Å². The Hall–Kier alpha value is -4.42. The van der Waals surface area contributed by atoms with Crippen LogP contribution in [0.4, 0.5) is 17.2 Å². The molecule has 0 spiro atoms. The zero-order valence-corrected chi connectivity index (χ0v) is 18.7. The number of anilines is 3. The Bertz CT molecular complexity index is 1250. The van der Waals surface area contributed by atoms with Crippen LogP contribution in [0.2, 0.25) is 0 Å². The second-order valence-corrected chi connectivity index (χ2v) is 7.31. The van der Waals surface area contributed by atoms with E-state index < -0.39 is 5.91 Å². The Labute approximate surface area is 197 Å². The lowest BCUT2D eigenvalue weighted by Crippen LogP contribution is -2.17. The van der Waals surface area contributed by atoms with Gasteiger partial charge in [0.15, 0.2) is 0 Å². The van der Waals surface area contributed by atoms with Crippen molar-refractivity contribution in [3.8, 4) is 18.1 Å². The molecule has 9 heteroatoms. The topological polar surface area (TPSA) is 125 Å². The highest BCUT2D eigenvalue weighted by atomic mass is 16.5. The summed E-state index contributed by atoms with van der Waals surface area (Å²) in [5, 5.41) is 15.2. The highest BCUT2D eigenvalue weighted by Crippen LogP contribution is 2.33. The number of carbonyl (C=O) groups is 2. The van der Waals surface area contributed by atoms with E-state index in [2.05, 4.69) is 26.5 Å². The monoisotopic (exact) mass is 459 g/mol. The van der Waals surface area contributed by atoms with Crippen LogP contribution in [0.15, 0.2) is 54.9 Å². The van der Waals surface area contributed by atoms with Crippen molar-refractivity contribution >= 4 is 39.9 Å². The highest BCUT2D eigenvalue weighted by Gasteiger charge is 2.12. The van der Waals surface area contributed by atoms with Crippen molar-refractivity contribution in [1.82, 2.24) is 15.4 Å². The molecule has 0 aliphatic carbocycles. The van der Waals surface area contributed by atoms with Gasteiger partial charge in [-0.1, -0.05) is 18.1 Å². The van der Waals surface area contributed by atoms with E-state index in [0.717, 1.165) is 11.3 Å². The summed E-state index contributed by atoms with van der Waals surface area (Å²) in [4.78, 5) is 32.1. The smallest absolute Gasteiger partial charge is 0.248 e. The average molecular weight is 460 g/mol. The number of hydrogen-bond acceptors (Lipinski definition) is 7. The molecule has 0 unspecified atom stereocenters. The van der Waals surface area contributed by atoms with Crippen molar-refractivity contribution < 1.29 is 19.5 Å². The standard InChI is InChI=1S/C25H25N5O4/c1-3-17-9-8-10-18(13-17)28-25-19-14-21(22(34-2)15-20(19)26-16-27-25)29-23(31)11-6-4-5-7-12-24(32)30-33/h1,6,8-11,13-16,33H,4-5,7,12H2,2H3,(H,29,31)(H,30,32)(H,26,27,28)/b11-6+. The molecule has 3 aromatic rings. The zero-order chi connectivity index (χ0) is 24.3. The maximum absolute atomic E-state index is 12.4. The number of rotatable bonds is 10. The summed E-state index contributed by atoms with van der Waals surface area (Å²) in [7, 11) is 1.51. The average Bonchev–Trinajstić information content (AvgIpc) is 2.86. The molecule has 174 valence electrons. The van der Waals surface area contributed by atoms with Gasteiger partial charge in [-0.15, -0.1) is 6.42 Å². The van der Waals surface area contributed by atoms with Crippen molar-refractivity contribution in [2.45, 2.75) is 25.7 Å². The first-order chi connectivity index (χ1) is 16.5. The second kappa shape index (κ2) is 12.0. The number of nitrogens with zero attached hydrogens (tertiary/aromatic N) is 2. The third-order valence-corrected chi connectivity index (χ3v) is 4.92. The first-order valence-electron chi connectivity index (χ1n) is 10.6. The quantitative estimate of drug-likeness (QED) is 0.119. The zero-order valence-electron chi connectivity index (χ0n) is 18.7. The van der Waals surface area contributed by atoms with E-state index in [1.807, 2.05) is 24.3 Å². The van der Waals surface area contributed by atoms with E-state index in [1.54, 1.807) is 23.7 Å². The molecular formula is C25H25N5O4. The van der Waals surface area contributed by atoms with Gasteiger partial charge in [-0.05, 0) is 49.6 Å². The Kier molecular flexibility index (Phi) is 8.54. The Balaban J connectivity index is 1.75. The summed E-state index contributed by atoms with van der Waals surface area (Å²) in [5.41, 5.74) is 4.22. The van der Waals surface area contributed by atoms with E-state index in [-0.39, 0.29) is 12.3 Å². The van der Waals surface area contributed by atoms with Crippen LogP contribution in [0.3, 0.4) is 0 Å². The summed E-state index contributed by atoms with van der Waals surface area (Å²) >= 11 is 0. The summed E-state index contributed by atoms with van der Waals surface area (Å²) in [6.07, 6.45) is 12.3. The van der Waals surface area contributed by atoms with E-state index in [4.69, 9.17) is 16.4 Å². The Morgan fingerprint density at radius 3 is 2.82 bits per heavy atom. The molecule has 9 nitrogen and oxygen atoms in total. The molecule has 0 bridgehead atoms. The van der Waals surface area contributed by atoms with Gasteiger partial charge in [0, 0.05) is 29.1 Å². The minimum Gasteiger partial charge on any atom is -0.494 e. The predicted molar refractivity (Wildman–Crippen MR) is 130 cm³/mol. The van der Waals surface area contributed by atoms with E-state index in [0.29, 0.717) is 47.4 Å². The van der Waals surface area contributed by atoms with Gasteiger partial charge in [-0.3, -0.25) is 14.8 Å². The van der Waals surface area contributed by atoms with Crippen molar-refractivity contribution in [3.63, 3.8) is 0 Å². The van der Waals surface area contributed by atoms with Gasteiger partial charge in [-0.25, -0.2) is 15.4 Å². The number of unbranched alkanes of at least 4 members (excludes halogenated alkanes) is 2. The predicted octanol–water partition coefficient (Wildman–Crippen LogP) is 3.92. The highest BCUT2D eigenvalue weighted by molar-refractivity contribution is 6.03. The first-order valence-corrected chi connectivity index (χ1v) is 10.6. The molecule has 0 saturated heterocycles. The number of allylic oxidation sites excluding steroid dienone is 1. The Morgan fingerprint density at radius 1 is 1.21 bits per heavy atom. The summed E-state index contributed by atoms with van der Waals surface area (Å²) in [6, 6.07) is 10.9. The number of terminal acetylenes is 1. The molecule has 0 aliphatic rings. The SMILES string of the molecule is C#Cc1cccc(Nc2ncnc3cc(OC)c(NC(=O)/C=C/CCCCC(=O)NO)cc23)c1. The summed E-state index contributed by atoms with van der Waals surface area (Å²) < 4.78 is 5.43. The van der Waals surface area contributed by atoms with Gasteiger partial charge in [0.1, 0.15) is 17.9 Å². The fourth-order valence-electron chi connectivity index (χ4n) is 3.24. The number of amides is 2. The van der Waals surface area contributed by atoms with Crippen molar-refractivity contribution in [1.29, 1.82) is 0 Å². The molecule has 0 saturated carbocycles. The molecule has 34 heavy (non-hydrogen) atoms. The summed E-state index contributed by atoms with van der Waals surface area (Å²) in [6.45, 7) is 0. The van der Waals surface area contributed by atoms with Crippen molar-refractivity contribution in [2.75, 3.05) is 17.7 Å². The molecule has 0 fully saturated rings. The number of carbonyl (C=O) groups excluding carboxylic acids is 2. The van der Waals surface area contributed by atoms with Gasteiger partial charge in [0.25, 0.3) is 0 Å². The van der Waals surface area contributed by atoms with Crippen LogP contribution in [-0.2, 0) is 9.59 Å². The lowest BCUT2D eigenvalue weighted by atomic mass is 10.1. The number of nitrogens with one attached hydrogen (secondary N) is 3. The number of benzene rings is 2. The Morgan fingerprint density at radius 2 is 2.06 bits per heavy atom. The molecule has 4 N–H and O–H groups in total. The molecule has 1 aromatic heterocycles. The van der Waals surface area contributed by atoms with Crippen LogP contribution >= 0.6 is 0 Å². The molecule has 3 rings (SSSR count). The minimum absolute atomic E-state index is 0.232. The van der Waals surface area contributed by atoms with Crippen LogP contribution in [0, 0.1) is 12.3 Å². The lowest BCUT2D eigenvalue weighted by Gasteiger charge is -2.13. The number of methoxy groups -OCH3 is 1. The number of fused-ring (bicyclic) bond motifs is 1. The first kappa shape index (κ1) is 24.2. The minimum atomic E-state index is -0.424. The molecule has 0 atom stereocenters. The van der Waals surface area contributed by atoms with Crippen molar-refractivity contribution in [3.05, 3.63) is 60.4 Å². The van der Waals surface area contributed by atoms with Crippen LogP contribution < -0.4 is 20.9 Å². The van der Waals surface area contributed by atoms with Crippen LogP contribution in [0.25, 0.3) is 10.9 Å². The van der Waals surface area contributed by atoms with E-state index >= 15 is 0 Å². The maximum atomic E-state index is 12.4.